The van der Waals surface area contributed by atoms with Crippen LogP contribution >= 0.6 is 0 Å². The van der Waals surface area contributed by atoms with Gasteiger partial charge in [-0.05, 0) is 112 Å². The molecule has 2 heterocycles. The highest BCUT2D eigenvalue weighted by atomic mass is 15.1. The van der Waals surface area contributed by atoms with E-state index in [9.17, 15) is 0 Å². The van der Waals surface area contributed by atoms with Crippen LogP contribution in [0.5, 0.6) is 0 Å². The van der Waals surface area contributed by atoms with Crippen LogP contribution in [0.1, 0.15) is 43.4 Å². The normalized spacial score (nSPS) is 13.3. The summed E-state index contributed by atoms with van der Waals surface area (Å²) < 4.78 is 2.47. The quantitative estimate of drug-likeness (QED) is 0.145. The third kappa shape index (κ3) is 7.28. The number of hydrogen-bond acceptors (Lipinski definition) is 4. The van der Waals surface area contributed by atoms with Gasteiger partial charge in [0.25, 0.3) is 0 Å². The molecular weight excluding hydrogens is 863 g/mol. The lowest BCUT2D eigenvalue weighted by atomic mass is 9.82. The zero-order valence-electron chi connectivity index (χ0n) is 39.7. The number of benzene rings is 9. The van der Waals surface area contributed by atoms with Gasteiger partial charge in [0.1, 0.15) is 0 Å². The van der Waals surface area contributed by atoms with Crippen LogP contribution in [0.4, 0.5) is 17.1 Å². The van der Waals surface area contributed by atoms with E-state index in [1.165, 1.54) is 60.5 Å². The van der Waals surface area contributed by atoms with Gasteiger partial charge in [0, 0.05) is 55.5 Å². The second-order valence-corrected chi connectivity index (χ2v) is 19.1. The molecule has 0 spiro atoms. The molecule has 338 valence electrons. The molecule has 71 heavy (non-hydrogen) atoms. The summed E-state index contributed by atoms with van der Waals surface area (Å²) in [7, 11) is 0. The molecule has 2 aliphatic carbocycles. The van der Waals surface area contributed by atoms with Crippen molar-refractivity contribution < 1.29 is 0 Å². The third-order valence-electron chi connectivity index (χ3n) is 14.5. The minimum absolute atomic E-state index is 0.149. The molecule has 0 saturated carbocycles. The van der Waals surface area contributed by atoms with E-state index < -0.39 is 0 Å². The smallest absolute Gasteiger partial charge is 0.166 e. The molecule has 5 heteroatoms. The predicted molar refractivity (Wildman–Crippen MR) is 293 cm³/mol. The minimum Gasteiger partial charge on any atom is -0.310 e. The summed E-state index contributed by atoms with van der Waals surface area (Å²) in [5.41, 5.74) is 18.3. The molecule has 9 aromatic carbocycles. The van der Waals surface area contributed by atoms with Crippen molar-refractivity contribution in [2.75, 3.05) is 4.90 Å². The van der Waals surface area contributed by atoms with Crippen LogP contribution in [-0.2, 0) is 5.41 Å². The van der Waals surface area contributed by atoms with Crippen LogP contribution in [0.3, 0.4) is 0 Å². The number of para-hydroxylation sites is 2. The van der Waals surface area contributed by atoms with E-state index in [1.807, 2.05) is 36.4 Å². The van der Waals surface area contributed by atoms with E-state index in [1.54, 1.807) is 0 Å². The first-order chi connectivity index (χ1) is 35.0. The fraction of sp³-hybridized carbons (Fsp3) is 0.0758. The second-order valence-electron chi connectivity index (χ2n) is 19.1. The van der Waals surface area contributed by atoms with Crippen LogP contribution in [0.15, 0.2) is 231 Å². The fourth-order valence-electron chi connectivity index (χ4n) is 11.1. The summed E-state index contributed by atoms with van der Waals surface area (Å²) in [4.78, 5) is 18.0. The van der Waals surface area contributed by atoms with Crippen LogP contribution in [0.25, 0.3) is 84.7 Å². The summed E-state index contributed by atoms with van der Waals surface area (Å²) >= 11 is 0. The molecular formula is C66H49N5. The lowest BCUT2D eigenvalue weighted by molar-refractivity contribution is 0.660. The molecule has 0 unspecified atom stereocenters. The van der Waals surface area contributed by atoms with Gasteiger partial charge < -0.3 is 9.47 Å². The number of aromatic nitrogens is 4. The first-order valence-corrected chi connectivity index (χ1v) is 24.6. The first kappa shape index (κ1) is 42.2. The highest BCUT2D eigenvalue weighted by Gasteiger charge is 2.36. The van der Waals surface area contributed by atoms with Crippen molar-refractivity contribution >= 4 is 39.6 Å². The van der Waals surface area contributed by atoms with E-state index in [-0.39, 0.29) is 5.41 Å². The van der Waals surface area contributed by atoms with Crippen LogP contribution in [0.2, 0.25) is 0 Å². The Morgan fingerprint density at radius 3 is 1.63 bits per heavy atom. The van der Waals surface area contributed by atoms with E-state index in [4.69, 9.17) is 15.0 Å². The molecule has 0 N–H and O–H groups in total. The Bertz CT molecular complexity index is 3890. The highest BCUT2D eigenvalue weighted by Crippen LogP contribution is 2.51. The Balaban J connectivity index is 1.04. The van der Waals surface area contributed by atoms with Gasteiger partial charge in [0.15, 0.2) is 17.5 Å². The van der Waals surface area contributed by atoms with Crippen molar-refractivity contribution in [3.63, 3.8) is 0 Å². The number of nitrogens with zero attached hydrogens (tertiary/aromatic N) is 5. The summed E-state index contributed by atoms with van der Waals surface area (Å²) in [6.45, 7) is 4.72. The molecule has 2 aromatic heterocycles. The fourth-order valence-corrected chi connectivity index (χ4v) is 11.1. The molecule has 2 aliphatic rings. The summed E-state index contributed by atoms with van der Waals surface area (Å²) in [6, 6.07) is 82.6. The maximum absolute atomic E-state index is 5.27. The minimum atomic E-state index is -0.149. The van der Waals surface area contributed by atoms with Crippen molar-refractivity contribution in [2.45, 2.75) is 32.1 Å². The molecule has 0 amide bonds. The van der Waals surface area contributed by atoms with Crippen molar-refractivity contribution in [2.24, 2.45) is 0 Å². The van der Waals surface area contributed by atoms with Crippen LogP contribution in [-0.4, -0.2) is 19.5 Å². The summed E-state index contributed by atoms with van der Waals surface area (Å²) in [5, 5.41) is 3.59. The van der Waals surface area contributed by atoms with Gasteiger partial charge in [-0.25, -0.2) is 15.0 Å². The number of rotatable bonds is 9. The SMILES string of the molecule is CC1(C)c2ccccc2-c2ccc(N(c3cccc(C4=c5c(c6cccc(-c7nc(-c8ccccc8)nc(-c8ccccc8)n7)c6n5-c5ccccc5)=CCC4)c3)c3cccc(-c4ccccc4)c3)cc21. The van der Waals surface area contributed by atoms with Gasteiger partial charge in [0.2, 0.25) is 0 Å². The monoisotopic (exact) mass is 911 g/mol. The van der Waals surface area contributed by atoms with Gasteiger partial charge in [-0.1, -0.05) is 196 Å². The number of fused-ring (bicyclic) bond motifs is 6. The van der Waals surface area contributed by atoms with Gasteiger partial charge in [-0.3, -0.25) is 0 Å². The average Bonchev–Trinajstić information content (AvgIpc) is 3.90. The van der Waals surface area contributed by atoms with Crippen molar-refractivity contribution in [3.8, 4) is 62.1 Å². The van der Waals surface area contributed by atoms with Gasteiger partial charge in [0.05, 0.1) is 10.9 Å². The van der Waals surface area contributed by atoms with Crippen LogP contribution < -0.4 is 15.5 Å². The van der Waals surface area contributed by atoms with Crippen LogP contribution in [0, 0.1) is 0 Å². The molecule has 0 bridgehead atoms. The lowest BCUT2D eigenvalue weighted by Gasteiger charge is -2.29. The Labute approximate surface area is 414 Å². The topological polar surface area (TPSA) is 46.8 Å². The Hall–Kier alpha value is -8.93. The molecule has 0 fully saturated rings. The van der Waals surface area contributed by atoms with E-state index in [0.29, 0.717) is 17.5 Å². The van der Waals surface area contributed by atoms with Gasteiger partial charge >= 0.3 is 0 Å². The van der Waals surface area contributed by atoms with Gasteiger partial charge in [-0.2, -0.15) is 0 Å². The number of hydrogen-bond donors (Lipinski definition) is 0. The van der Waals surface area contributed by atoms with Crippen molar-refractivity contribution in [3.05, 3.63) is 258 Å². The molecule has 0 saturated heterocycles. The second kappa shape index (κ2) is 17.2. The predicted octanol–water partition coefficient (Wildman–Crippen LogP) is 15.0. The summed E-state index contributed by atoms with van der Waals surface area (Å²) in [5.74, 6) is 1.91. The van der Waals surface area contributed by atoms with Crippen molar-refractivity contribution in [1.29, 1.82) is 0 Å². The standard InChI is InChI=1S/C66H49N5/c1-66(2)59-38-16-15-33-54(59)55-40-39-52(43-60(55)66)70(50-31-17-27-47(41-50)44-21-7-3-8-22-44)51-32-18-28-48(42-51)53-34-19-35-56-57-36-20-37-58(62(57)71(61(53)56)49-29-13-6-14-30-49)65-68-63(45-23-9-4-10-24-45)67-64(69-65)46-25-11-5-12-26-46/h3-18,20-33,35-43H,19,34H2,1-2H3. The molecule has 5 nitrogen and oxygen atoms in total. The molecule has 0 atom stereocenters. The average molecular weight is 912 g/mol. The first-order valence-electron chi connectivity index (χ1n) is 24.6. The Morgan fingerprint density at radius 2 is 0.944 bits per heavy atom. The maximum Gasteiger partial charge on any atom is 0.166 e. The maximum atomic E-state index is 5.27. The van der Waals surface area contributed by atoms with Crippen molar-refractivity contribution in [1.82, 2.24) is 19.5 Å². The molecule has 11 aromatic rings. The number of anilines is 3. The molecule has 0 aliphatic heterocycles. The van der Waals surface area contributed by atoms with Gasteiger partial charge in [-0.15, -0.1) is 0 Å². The molecule has 0 radical (unpaired) electrons. The lowest BCUT2D eigenvalue weighted by Crippen LogP contribution is -2.33. The summed E-state index contributed by atoms with van der Waals surface area (Å²) in [6.07, 6.45) is 4.22. The zero-order valence-corrected chi connectivity index (χ0v) is 39.7. The van der Waals surface area contributed by atoms with E-state index in [2.05, 4.69) is 224 Å². The Kier molecular flexibility index (Phi) is 10.2. The largest absolute Gasteiger partial charge is 0.310 e. The zero-order chi connectivity index (χ0) is 47.5. The van der Waals surface area contributed by atoms with E-state index >= 15 is 0 Å². The van der Waals surface area contributed by atoms with E-state index in [0.717, 1.165) is 57.8 Å². The molecule has 13 rings (SSSR count). The highest BCUT2D eigenvalue weighted by molar-refractivity contribution is 5.97. The Morgan fingerprint density at radius 1 is 0.423 bits per heavy atom. The third-order valence-corrected chi connectivity index (χ3v) is 14.5.